The van der Waals surface area contributed by atoms with Crippen LogP contribution in [0.2, 0.25) is 0 Å². The Bertz CT molecular complexity index is 624. The fourth-order valence-electron chi connectivity index (χ4n) is 2.61. The summed E-state index contributed by atoms with van der Waals surface area (Å²) in [5, 5.41) is 3.87. The Morgan fingerprint density at radius 3 is 3.00 bits per heavy atom. The Morgan fingerprint density at radius 1 is 1.43 bits per heavy atom. The predicted molar refractivity (Wildman–Crippen MR) is 78.3 cm³/mol. The SMILES string of the molecule is CN(C)c1cccc(C(=O)N2CC[C@H](c3ncon3)C2)c1. The third-order valence-corrected chi connectivity index (χ3v) is 3.83. The van der Waals surface area contributed by atoms with E-state index < -0.39 is 0 Å². The van der Waals surface area contributed by atoms with Gasteiger partial charge in [0.15, 0.2) is 5.82 Å². The molecule has 21 heavy (non-hydrogen) atoms. The monoisotopic (exact) mass is 286 g/mol. The minimum absolute atomic E-state index is 0.0599. The summed E-state index contributed by atoms with van der Waals surface area (Å²) in [6, 6.07) is 7.68. The molecule has 0 aliphatic carbocycles. The van der Waals surface area contributed by atoms with Crippen LogP contribution in [-0.4, -0.2) is 48.1 Å². The van der Waals surface area contributed by atoms with Gasteiger partial charge in [-0.3, -0.25) is 4.79 Å². The van der Waals surface area contributed by atoms with Crippen LogP contribution in [0.5, 0.6) is 0 Å². The van der Waals surface area contributed by atoms with Crippen molar-refractivity contribution in [3.63, 3.8) is 0 Å². The normalized spacial score (nSPS) is 18.0. The molecule has 1 amide bonds. The summed E-state index contributed by atoms with van der Waals surface area (Å²) in [5.74, 6) is 0.918. The zero-order chi connectivity index (χ0) is 14.8. The molecule has 0 spiro atoms. The van der Waals surface area contributed by atoms with Gasteiger partial charge in [0.1, 0.15) is 0 Å². The Balaban J connectivity index is 1.73. The van der Waals surface area contributed by atoms with Crippen LogP contribution < -0.4 is 4.90 Å². The summed E-state index contributed by atoms with van der Waals surface area (Å²) in [5.41, 5.74) is 1.74. The highest BCUT2D eigenvalue weighted by Gasteiger charge is 2.30. The molecule has 0 bridgehead atoms. The fraction of sp³-hybridized carbons (Fsp3) is 0.400. The van der Waals surface area contributed by atoms with Crippen LogP contribution in [-0.2, 0) is 0 Å². The van der Waals surface area contributed by atoms with Crippen molar-refractivity contribution >= 4 is 11.6 Å². The standard InChI is InChI=1S/C15H18N4O2/c1-18(2)13-5-3-4-11(8-13)15(20)19-7-6-12(9-19)14-16-10-21-17-14/h3-5,8,10,12H,6-7,9H2,1-2H3/t12-/m0/s1. The average Bonchev–Trinajstić information content (AvgIpc) is 3.17. The third-order valence-electron chi connectivity index (χ3n) is 3.83. The molecule has 1 aliphatic rings. The van der Waals surface area contributed by atoms with Gasteiger partial charge in [-0.25, -0.2) is 0 Å². The predicted octanol–water partition coefficient (Wildman–Crippen LogP) is 1.77. The van der Waals surface area contributed by atoms with Gasteiger partial charge in [0.2, 0.25) is 6.39 Å². The summed E-state index contributed by atoms with van der Waals surface area (Å²) < 4.78 is 4.78. The van der Waals surface area contributed by atoms with E-state index in [4.69, 9.17) is 4.52 Å². The molecule has 0 unspecified atom stereocenters. The highest BCUT2D eigenvalue weighted by Crippen LogP contribution is 2.26. The van der Waals surface area contributed by atoms with Crippen LogP contribution in [0, 0.1) is 0 Å². The Hall–Kier alpha value is -2.37. The highest BCUT2D eigenvalue weighted by molar-refractivity contribution is 5.95. The van der Waals surface area contributed by atoms with E-state index in [9.17, 15) is 4.79 Å². The van der Waals surface area contributed by atoms with Crippen molar-refractivity contribution < 1.29 is 9.32 Å². The summed E-state index contributed by atoms with van der Waals surface area (Å²) in [6.07, 6.45) is 2.21. The Kier molecular flexibility index (Phi) is 3.60. The number of rotatable bonds is 3. The van der Waals surface area contributed by atoms with E-state index in [0.29, 0.717) is 12.4 Å². The first-order valence-corrected chi connectivity index (χ1v) is 6.98. The molecule has 0 N–H and O–H groups in total. The molecule has 0 radical (unpaired) electrons. The molecule has 3 rings (SSSR count). The first-order chi connectivity index (χ1) is 10.1. The maximum absolute atomic E-state index is 12.6. The molecule has 6 nitrogen and oxygen atoms in total. The first kappa shape index (κ1) is 13.6. The van der Waals surface area contributed by atoms with Crippen molar-refractivity contribution in [3.05, 3.63) is 42.0 Å². The second kappa shape index (κ2) is 5.55. The summed E-state index contributed by atoms with van der Waals surface area (Å²) in [6.45, 7) is 1.37. The lowest BCUT2D eigenvalue weighted by Crippen LogP contribution is -2.28. The van der Waals surface area contributed by atoms with Gasteiger partial charge in [-0.05, 0) is 24.6 Å². The van der Waals surface area contributed by atoms with Gasteiger partial charge >= 0.3 is 0 Å². The first-order valence-electron chi connectivity index (χ1n) is 6.98. The van der Waals surface area contributed by atoms with Gasteiger partial charge in [-0.15, -0.1) is 0 Å². The molecule has 1 fully saturated rings. The second-order valence-corrected chi connectivity index (χ2v) is 5.47. The topological polar surface area (TPSA) is 62.5 Å². The van der Waals surface area contributed by atoms with Crippen molar-refractivity contribution in [2.45, 2.75) is 12.3 Å². The number of nitrogens with zero attached hydrogens (tertiary/aromatic N) is 4. The van der Waals surface area contributed by atoms with Crippen molar-refractivity contribution in [1.82, 2.24) is 15.0 Å². The van der Waals surface area contributed by atoms with Crippen LogP contribution in [0.25, 0.3) is 0 Å². The molecule has 0 saturated carbocycles. The summed E-state index contributed by atoms with van der Waals surface area (Å²) >= 11 is 0. The van der Waals surface area contributed by atoms with Crippen molar-refractivity contribution in [2.24, 2.45) is 0 Å². The van der Waals surface area contributed by atoms with E-state index in [0.717, 1.165) is 24.2 Å². The molecule has 1 aromatic heterocycles. The van der Waals surface area contributed by atoms with Gasteiger partial charge in [-0.1, -0.05) is 11.2 Å². The zero-order valence-electron chi connectivity index (χ0n) is 12.2. The van der Waals surface area contributed by atoms with E-state index in [1.807, 2.05) is 48.2 Å². The van der Waals surface area contributed by atoms with Gasteiger partial charge in [0, 0.05) is 44.4 Å². The van der Waals surface area contributed by atoms with E-state index in [1.165, 1.54) is 6.39 Å². The average molecular weight is 286 g/mol. The maximum Gasteiger partial charge on any atom is 0.253 e. The van der Waals surface area contributed by atoms with Gasteiger partial charge in [-0.2, -0.15) is 4.98 Å². The fourth-order valence-corrected chi connectivity index (χ4v) is 2.61. The number of hydrogen-bond donors (Lipinski definition) is 0. The number of aromatic nitrogens is 2. The van der Waals surface area contributed by atoms with Crippen LogP contribution in [0.1, 0.15) is 28.5 Å². The molecular weight excluding hydrogens is 268 g/mol. The quantitative estimate of drug-likeness (QED) is 0.860. The van der Waals surface area contributed by atoms with Gasteiger partial charge < -0.3 is 14.3 Å². The minimum Gasteiger partial charge on any atom is -0.378 e. The van der Waals surface area contributed by atoms with Crippen molar-refractivity contribution in [3.8, 4) is 0 Å². The molecule has 1 atom stereocenters. The van der Waals surface area contributed by atoms with E-state index >= 15 is 0 Å². The van der Waals surface area contributed by atoms with Gasteiger partial charge in [0.25, 0.3) is 5.91 Å². The number of carbonyl (C=O) groups excluding carboxylic acids is 1. The molecule has 110 valence electrons. The van der Waals surface area contributed by atoms with Crippen LogP contribution in [0.4, 0.5) is 5.69 Å². The Morgan fingerprint density at radius 2 is 2.29 bits per heavy atom. The van der Waals surface area contributed by atoms with Gasteiger partial charge in [0.05, 0.1) is 0 Å². The number of anilines is 1. The Labute approximate surface area is 123 Å². The van der Waals surface area contributed by atoms with E-state index in [1.54, 1.807) is 0 Å². The number of hydrogen-bond acceptors (Lipinski definition) is 5. The van der Waals surface area contributed by atoms with E-state index in [2.05, 4.69) is 10.1 Å². The van der Waals surface area contributed by atoms with Crippen molar-refractivity contribution in [1.29, 1.82) is 0 Å². The molecule has 6 heteroatoms. The number of amides is 1. The summed E-state index contributed by atoms with van der Waals surface area (Å²) in [7, 11) is 3.93. The smallest absolute Gasteiger partial charge is 0.253 e. The van der Waals surface area contributed by atoms with Crippen LogP contribution >= 0.6 is 0 Å². The largest absolute Gasteiger partial charge is 0.378 e. The van der Waals surface area contributed by atoms with Crippen molar-refractivity contribution in [2.75, 3.05) is 32.1 Å². The lowest BCUT2D eigenvalue weighted by molar-refractivity contribution is 0.0790. The maximum atomic E-state index is 12.6. The highest BCUT2D eigenvalue weighted by atomic mass is 16.5. The molecule has 1 aromatic carbocycles. The van der Waals surface area contributed by atoms with Crippen LogP contribution in [0.3, 0.4) is 0 Å². The second-order valence-electron chi connectivity index (χ2n) is 5.47. The lowest BCUT2D eigenvalue weighted by Gasteiger charge is -2.18. The molecule has 2 heterocycles. The molecule has 1 aliphatic heterocycles. The lowest BCUT2D eigenvalue weighted by atomic mass is 10.1. The third kappa shape index (κ3) is 2.74. The molecule has 1 saturated heterocycles. The molecule has 2 aromatic rings. The number of likely N-dealkylation sites (tertiary alicyclic amines) is 1. The van der Waals surface area contributed by atoms with Crippen LogP contribution in [0.15, 0.2) is 35.2 Å². The number of benzene rings is 1. The summed E-state index contributed by atoms with van der Waals surface area (Å²) in [4.78, 5) is 20.5. The minimum atomic E-state index is 0.0599. The zero-order valence-corrected chi connectivity index (χ0v) is 12.2. The van der Waals surface area contributed by atoms with E-state index in [-0.39, 0.29) is 11.8 Å². The molecular formula is C15H18N4O2. The number of carbonyl (C=O) groups is 1.